The van der Waals surface area contributed by atoms with Crippen LogP contribution in [-0.4, -0.2) is 42.5 Å². The van der Waals surface area contributed by atoms with Crippen molar-refractivity contribution in [3.05, 3.63) is 101 Å². The van der Waals surface area contributed by atoms with Gasteiger partial charge in [-0.1, -0.05) is 60.7 Å². The van der Waals surface area contributed by atoms with Gasteiger partial charge in [0.05, 0.1) is 12.6 Å². The predicted molar refractivity (Wildman–Crippen MR) is 124 cm³/mol. The van der Waals surface area contributed by atoms with E-state index in [1.165, 1.54) is 4.90 Å². The molecule has 0 radical (unpaired) electrons. The Morgan fingerprint density at radius 1 is 1.00 bits per heavy atom. The molecule has 1 heterocycles. The molecule has 0 saturated carbocycles. The number of hydrogen-bond donors (Lipinski definition) is 2. The second-order valence-electron chi connectivity index (χ2n) is 8.15. The fourth-order valence-corrected chi connectivity index (χ4v) is 4.01. The summed E-state index contributed by atoms with van der Waals surface area (Å²) < 4.78 is 0. The van der Waals surface area contributed by atoms with Crippen molar-refractivity contribution in [2.24, 2.45) is 0 Å². The molecule has 2 unspecified atom stereocenters. The van der Waals surface area contributed by atoms with E-state index in [0.29, 0.717) is 23.2 Å². The molecule has 0 aliphatic carbocycles. The quantitative estimate of drug-likeness (QED) is 0.605. The first kappa shape index (κ1) is 21.6. The lowest BCUT2D eigenvalue weighted by atomic mass is 10.0. The number of nitrogens with zero attached hydrogens (tertiary/aromatic N) is 2. The largest absolute Gasteiger partial charge is 0.387 e. The number of hydrogen-bond acceptors (Lipinski definition) is 4. The first-order valence-electron chi connectivity index (χ1n) is 10.6. The van der Waals surface area contributed by atoms with Crippen LogP contribution in [0.3, 0.4) is 0 Å². The maximum atomic E-state index is 13.2. The number of carbonyl (C=O) groups excluding carboxylic acids is 2. The molecule has 2 atom stereocenters. The normalized spacial score (nSPS) is 15.9. The van der Waals surface area contributed by atoms with Crippen molar-refractivity contribution < 1.29 is 14.7 Å². The molecule has 3 aromatic carbocycles. The zero-order chi connectivity index (χ0) is 22.7. The summed E-state index contributed by atoms with van der Waals surface area (Å²) in [6.07, 6.45) is -0.886. The van der Waals surface area contributed by atoms with Crippen LogP contribution in [0.1, 0.15) is 39.2 Å². The van der Waals surface area contributed by atoms with E-state index in [1.807, 2.05) is 79.7 Å². The van der Waals surface area contributed by atoms with Crippen LogP contribution >= 0.6 is 0 Å². The lowest BCUT2D eigenvalue weighted by molar-refractivity contribution is -0.126. The zero-order valence-electron chi connectivity index (χ0n) is 18.2. The van der Waals surface area contributed by atoms with Gasteiger partial charge in [-0.15, -0.1) is 0 Å². The number of aliphatic hydroxyl groups excluding tert-OH is 1. The smallest absolute Gasteiger partial charge is 0.255 e. The summed E-state index contributed by atoms with van der Waals surface area (Å²) in [6.45, 7) is 0.390. The van der Waals surface area contributed by atoms with Crippen LogP contribution in [-0.2, 0) is 11.3 Å². The number of benzene rings is 3. The number of carbonyl (C=O) groups is 2. The Hall–Kier alpha value is -3.64. The van der Waals surface area contributed by atoms with Gasteiger partial charge in [0, 0.05) is 31.9 Å². The Balaban J connectivity index is 1.53. The highest BCUT2D eigenvalue weighted by Crippen LogP contribution is 2.35. The van der Waals surface area contributed by atoms with Gasteiger partial charge in [0.1, 0.15) is 6.04 Å². The number of anilines is 1. The van der Waals surface area contributed by atoms with E-state index in [0.717, 1.165) is 11.3 Å². The highest BCUT2D eigenvalue weighted by Gasteiger charge is 2.41. The van der Waals surface area contributed by atoms with E-state index in [1.54, 1.807) is 18.2 Å². The summed E-state index contributed by atoms with van der Waals surface area (Å²) in [7, 11) is 3.95. The maximum Gasteiger partial charge on any atom is 0.255 e. The van der Waals surface area contributed by atoms with Crippen LogP contribution in [0.15, 0.2) is 78.9 Å². The monoisotopic (exact) mass is 429 g/mol. The standard InChI is InChI=1S/C26H27N3O3/c1-28(2)20-14-12-18(13-15-20)16-27-25(31)24-21-10-6-7-11-22(21)26(32)29(24)17-23(30)19-8-4-3-5-9-19/h3-15,23-24,30H,16-17H2,1-2H3,(H,27,31). The molecule has 32 heavy (non-hydrogen) atoms. The molecule has 1 aliphatic rings. The second kappa shape index (κ2) is 9.24. The molecule has 1 aliphatic heterocycles. The van der Waals surface area contributed by atoms with Gasteiger partial charge in [-0.2, -0.15) is 0 Å². The minimum absolute atomic E-state index is 0.0349. The maximum absolute atomic E-state index is 13.2. The van der Waals surface area contributed by atoms with E-state index in [9.17, 15) is 14.7 Å². The molecule has 2 amide bonds. The van der Waals surface area contributed by atoms with Gasteiger partial charge in [0.2, 0.25) is 5.91 Å². The number of nitrogens with one attached hydrogen (secondary N) is 1. The molecule has 4 rings (SSSR count). The molecular formula is C26H27N3O3. The van der Waals surface area contributed by atoms with Gasteiger partial charge in [-0.25, -0.2) is 0 Å². The number of aliphatic hydroxyl groups is 1. The molecule has 164 valence electrons. The fraction of sp³-hybridized carbons (Fsp3) is 0.231. The second-order valence-corrected chi connectivity index (χ2v) is 8.15. The Bertz CT molecular complexity index is 1100. The summed E-state index contributed by atoms with van der Waals surface area (Å²) in [5.41, 5.74) is 3.92. The number of fused-ring (bicyclic) bond motifs is 1. The molecule has 6 nitrogen and oxygen atoms in total. The van der Waals surface area contributed by atoms with Gasteiger partial charge in [-0.3, -0.25) is 9.59 Å². The summed E-state index contributed by atoms with van der Waals surface area (Å²) in [4.78, 5) is 29.8. The van der Waals surface area contributed by atoms with Crippen molar-refractivity contribution in [1.82, 2.24) is 10.2 Å². The van der Waals surface area contributed by atoms with E-state index in [4.69, 9.17) is 0 Å². The number of rotatable bonds is 7. The third kappa shape index (κ3) is 4.36. The van der Waals surface area contributed by atoms with Crippen molar-refractivity contribution in [2.75, 3.05) is 25.5 Å². The van der Waals surface area contributed by atoms with Crippen molar-refractivity contribution in [1.29, 1.82) is 0 Å². The van der Waals surface area contributed by atoms with Crippen molar-refractivity contribution in [3.63, 3.8) is 0 Å². The number of β-amino-alcohol motifs (C(OH)–C–C–N with tert-alkyl or cyclic N) is 1. The minimum Gasteiger partial charge on any atom is -0.387 e. The summed E-state index contributed by atoms with van der Waals surface area (Å²) in [5.74, 6) is -0.508. The summed E-state index contributed by atoms with van der Waals surface area (Å²) in [6, 6.07) is 23.5. The van der Waals surface area contributed by atoms with E-state index in [-0.39, 0.29) is 18.4 Å². The van der Waals surface area contributed by atoms with Crippen LogP contribution in [0.2, 0.25) is 0 Å². The third-order valence-corrected chi connectivity index (χ3v) is 5.78. The van der Waals surface area contributed by atoms with Gasteiger partial charge in [-0.05, 0) is 34.9 Å². The average molecular weight is 430 g/mol. The van der Waals surface area contributed by atoms with Crippen molar-refractivity contribution >= 4 is 17.5 Å². The molecular weight excluding hydrogens is 402 g/mol. The molecule has 2 N–H and O–H groups in total. The van der Waals surface area contributed by atoms with Crippen molar-refractivity contribution in [3.8, 4) is 0 Å². The van der Waals surface area contributed by atoms with Crippen LogP contribution in [0.4, 0.5) is 5.69 Å². The van der Waals surface area contributed by atoms with Crippen LogP contribution in [0, 0.1) is 0 Å². The first-order chi connectivity index (χ1) is 15.5. The molecule has 0 bridgehead atoms. The lowest BCUT2D eigenvalue weighted by Gasteiger charge is -2.27. The Kier molecular flexibility index (Phi) is 6.23. The van der Waals surface area contributed by atoms with Gasteiger partial charge in [0.15, 0.2) is 0 Å². The molecule has 6 heteroatoms. The van der Waals surface area contributed by atoms with E-state index < -0.39 is 12.1 Å². The molecule has 0 spiro atoms. The summed E-state index contributed by atoms with van der Waals surface area (Å²) >= 11 is 0. The number of amides is 2. The fourth-order valence-electron chi connectivity index (χ4n) is 4.01. The van der Waals surface area contributed by atoms with Crippen LogP contribution in [0.5, 0.6) is 0 Å². The van der Waals surface area contributed by atoms with Crippen molar-refractivity contribution in [2.45, 2.75) is 18.7 Å². The Labute approximate surface area is 188 Å². The van der Waals surface area contributed by atoms with Crippen LogP contribution in [0.25, 0.3) is 0 Å². The van der Waals surface area contributed by atoms with Gasteiger partial charge < -0.3 is 20.2 Å². The van der Waals surface area contributed by atoms with Crippen LogP contribution < -0.4 is 10.2 Å². The van der Waals surface area contributed by atoms with Gasteiger partial charge in [0.25, 0.3) is 5.91 Å². The van der Waals surface area contributed by atoms with E-state index in [2.05, 4.69) is 5.32 Å². The third-order valence-electron chi connectivity index (χ3n) is 5.78. The molecule has 0 saturated heterocycles. The highest BCUT2D eigenvalue weighted by atomic mass is 16.3. The Morgan fingerprint density at radius 3 is 2.34 bits per heavy atom. The van der Waals surface area contributed by atoms with E-state index >= 15 is 0 Å². The molecule has 0 aromatic heterocycles. The Morgan fingerprint density at radius 2 is 1.66 bits per heavy atom. The first-order valence-corrected chi connectivity index (χ1v) is 10.6. The lowest BCUT2D eigenvalue weighted by Crippen LogP contribution is -2.40. The predicted octanol–water partition coefficient (Wildman–Crippen LogP) is 3.30. The average Bonchev–Trinajstić information content (AvgIpc) is 3.10. The minimum atomic E-state index is -0.886. The molecule has 0 fully saturated rings. The topological polar surface area (TPSA) is 72.9 Å². The van der Waals surface area contributed by atoms with Gasteiger partial charge >= 0.3 is 0 Å². The highest BCUT2D eigenvalue weighted by molar-refractivity contribution is 6.04. The summed E-state index contributed by atoms with van der Waals surface area (Å²) in [5, 5.41) is 13.7. The molecule has 3 aromatic rings. The zero-order valence-corrected chi connectivity index (χ0v) is 18.2. The SMILES string of the molecule is CN(C)c1ccc(CNC(=O)C2c3ccccc3C(=O)N2CC(O)c2ccccc2)cc1.